The molecule has 0 unspecified atom stereocenters. The Bertz CT molecular complexity index is 554. The normalized spacial score (nSPS) is 10.2. The van der Waals surface area contributed by atoms with Crippen LogP contribution in [0.15, 0.2) is 18.2 Å². The lowest BCUT2D eigenvalue weighted by molar-refractivity contribution is -0.132. The van der Waals surface area contributed by atoms with Crippen molar-refractivity contribution in [1.82, 2.24) is 0 Å². The van der Waals surface area contributed by atoms with E-state index in [1.165, 1.54) is 13.2 Å². The Morgan fingerprint density at radius 2 is 1.91 bits per heavy atom. The number of hydrogen-bond donors (Lipinski definition) is 2. The van der Waals surface area contributed by atoms with Crippen molar-refractivity contribution < 1.29 is 19.1 Å². The second kappa shape index (κ2) is 9.97. The summed E-state index contributed by atoms with van der Waals surface area (Å²) in [6.45, 7) is 6.15. The molecule has 7 heteroatoms. The third kappa shape index (κ3) is 8.32. The largest absolute Gasteiger partial charge is 0.464 e. The van der Waals surface area contributed by atoms with Crippen LogP contribution in [-0.4, -0.2) is 44.3 Å². The van der Waals surface area contributed by atoms with Crippen LogP contribution in [0.2, 0.25) is 5.02 Å². The maximum atomic E-state index is 11.3. The molecule has 128 valence electrons. The molecule has 0 aliphatic carbocycles. The Morgan fingerprint density at radius 1 is 1.35 bits per heavy atom. The molecule has 2 N–H and O–H groups in total. The summed E-state index contributed by atoms with van der Waals surface area (Å²) in [5.74, 6) is -0.763. The average molecular weight is 343 g/mol. The molecular weight excluding hydrogens is 320 g/mol. The predicted molar refractivity (Wildman–Crippen MR) is 91.6 cm³/mol. The Balaban J connectivity index is 0.000000688. The number of aldehydes is 1. The number of benzene rings is 1. The van der Waals surface area contributed by atoms with Gasteiger partial charge in [0, 0.05) is 23.4 Å². The molecule has 23 heavy (non-hydrogen) atoms. The topological polar surface area (TPSA) is 88.5 Å². The van der Waals surface area contributed by atoms with Crippen molar-refractivity contribution in [2.24, 2.45) is 0 Å². The van der Waals surface area contributed by atoms with Gasteiger partial charge in [-0.05, 0) is 39.0 Å². The van der Waals surface area contributed by atoms with E-state index in [2.05, 4.69) is 10.1 Å². The highest BCUT2D eigenvalue weighted by Crippen LogP contribution is 2.21. The second-order valence-electron chi connectivity index (χ2n) is 5.42. The highest BCUT2D eigenvalue weighted by atomic mass is 35.5. The van der Waals surface area contributed by atoms with Gasteiger partial charge in [-0.15, -0.1) is 0 Å². The molecule has 0 radical (unpaired) electrons. The number of methoxy groups -OCH3 is 2. The molecule has 0 aliphatic rings. The minimum atomic E-state index is -0.763. The maximum absolute atomic E-state index is 11.3. The highest BCUT2D eigenvalue weighted by molar-refractivity contribution is 6.43. The van der Waals surface area contributed by atoms with Crippen LogP contribution in [0.1, 0.15) is 26.3 Å². The summed E-state index contributed by atoms with van der Waals surface area (Å²) >= 11 is 5.80. The van der Waals surface area contributed by atoms with Crippen molar-refractivity contribution in [3.05, 3.63) is 28.8 Å². The number of carbonyl (C=O) groups excluding carboxylic acids is 2. The van der Waals surface area contributed by atoms with E-state index in [1.807, 2.05) is 20.8 Å². The van der Waals surface area contributed by atoms with E-state index in [1.54, 1.807) is 19.2 Å². The van der Waals surface area contributed by atoms with Gasteiger partial charge < -0.3 is 19.6 Å². The van der Waals surface area contributed by atoms with Gasteiger partial charge in [0.2, 0.25) is 0 Å². The minimum Gasteiger partial charge on any atom is -0.464 e. The maximum Gasteiger partial charge on any atom is 0.356 e. The molecular formula is C16H23ClN2O4. The number of carbonyl (C=O) groups is 2. The van der Waals surface area contributed by atoms with Gasteiger partial charge in [-0.1, -0.05) is 11.6 Å². The van der Waals surface area contributed by atoms with E-state index < -0.39 is 5.97 Å². The van der Waals surface area contributed by atoms with Gasteiger partial charge in [-0.25, -0.2) is 4.79 Å². The predicted octanol–water partition coefficient (Wildman–Crippen LogP) is 2.92. The molecule has 0 bridgehead atoms. The molecule has 0 saturated heterocycles. The SMILES string of the molecule is COC(=O)C(=N)c1cc(Cl)ccc1NCC=O.COC(C)(C)C. The van der Waals surface area contributed by atoms with Crippen molar-refractivity contribution >= 4 is 35.3 Å². The summed E-state index contributed by atoms with van der Waals surface area (Å²) in [6.07, 6.45) is 0.681. The van der Waals surface area contributed by atoms with Crippen LogP contribution in [-0.2, 0) is 19.1 Å². The fourth-order valence-electron chi connectivity index (χ4n) is 1.24. The van der Waals surface area contributed by atoms with Crippen LogP contribution in [0.5, 0.6) is 0 Å². The quantitative estimate of drug-likeness (QED) is 0.488. The number of halogens is 1. The van der Waals surface area contributed by atoms with Crippen molar-refractivity contribution in [1.29, 1.82) is 5.41 Å². The molecule has 0 aliphatic heterocycles. The first-order valence-electron chi connectivity index (χ1n) is 6.85. The fourth-order valence-corrected chi connectivity index (χ4v) is 1.41. The van der Waals surface area contributed by atoms with E-state index in [0.717, 1.165) is 0 Å². The van der Waals surface area contributed by atoms with Crippen molar-refractivity contribution in [3.8, 4) is 0 Å². The first-order valence-corrected chi connectivity index (χ1v) is 7.23. The summed E-state index contributed by atoms with van der Waals surface area (Å²) in [5.41, 5.74) is 0.506. The summed E-state index contributed by atoms with van der Waals surface area (Å²) < 4.78 is 9.40. The molecule has 0 aromatic heterocycles. The van der Waals surface area contributed by atoms with E-state index in [0.29, 0.717) is 22.6 Å². The lowest BCUT2D eigenvalue weighted by Crippen LogP contribution is -2.18. The second-order valence-corrected chi connectivity index (χ2v) is 5.86. The van der Waals surface area contributed by atoms with Gasteiger partial charge in [-0.3, -0.25) is 5.41 Å². The summed E-state index contributed by atoms with van der Waals surface area (Å²) in [7, 11) is 2.90. The summed E-state index contributed by atoms with van der Waals surface area (Å²) in [4.78, 5) is 21.5. The molecule has 0 heterocycles. The standard InChI is InChI=1S/C11H11ClN2O3.C5H12O/c1-17-11(16)10(13)8-6-7(12)2-3-9(8)14-4-5-15;1-5(2,3)6-4/h2-3,5-6,13-14H,4H2,1H3;1-4H3. The summed E-state index contributed by atoms with van der Waals surface area (Å²) in [5, 5.41) is 10.8. The van der Waals surface area contributed by atoms with Gasteiger partial charge in [0.1, 0.15) is 12.0 Å². The number of rotatable bonds is 5. The molecule has 0 fully saturated rings. The van der Waals surface area contributed by atoms with Crippen LogP contribution < -0.4 is 5.32 Å². The number of nitrogens with one attached hydrogen (secondary N) is 2. The number of ether oxygens (including phenoxy) is 2. The molecule has 1 aromatic rings. The fraction of sp³-hybridized carbons (Fsp3) is 0.438. The van der Waals surface area contributed by atoms with Crippen molar-refractivity contribution in [2.75, 3.05) is 26.1 Å². The zero-order chi connectivity index (χ0) is 18.0. The van der Waals surface area contributed by atoms with Crippen LogP contribution in [0.3, 0.4) is 0 Å². The zero-order valence-corrected chi connectivity index (χ0v) is 14.8. The molecule has 0 saturated carbocycles. The number of hydrogen-bond acceptors (Lipinski definition) is 6. The van der Waals surface area contributed by atoms with E-state index in [4.69, 9.17) is 21.7 Å². The Kier molecular flexibility index (Phi) is 9.14. The third-order valence-electron chi connectivity index (χ3n) is 2.63. The third-order valence-corrected chi connectivity index (χ3v) is 2.86. The molecule has 0 spiro atoms. The smallest absolute Gasteiger partial charge is 0.356 e. The molecule has 1 aromatic carbocycles. The van der Waals surface area contributed by atoms with Gasteiger partial charge in [0.25, 0.3) is 0 Å². The van der Waals surface area contributed by atoms with Gasteiger partial charge >= 0.3 is 5.97 Å². The zero-order valence-electron chi connectivity index (χ0n) is 14.0. The highest BCUT2D eigenvalue weighted by Gasteiger charge is 2.16. The summed E-state index contributed by atoms with van der Waals surface area (Å²) in [6, 6.07) is 4.66. The minimum absolute atomic E-state index is 0.0417. The van der Waals surface area contributed by atoms with E-state index in [9.17, 15) is 9.59 Å². The van der Waals surface area contributed by atoms with E-state index >= 15 is 0 Å². The van der Waals surface area contributed by atoms with Crippen LogP contribution in [0, 0.1) is 5.41 Å². The molecule has 0 amide bonds. The lowest BCUT2D eigenvalue weighted by atomic mass is 10.1. The molecule has 0 atom stereocenters. The molecule has 1 rings (SSSR count). The Labute approximate surface area is 141 Å². The van der Waals surface area contributed by atoms with E-state index in [-0.39, 0.29) is 17.9 Å². The van der Waals surface area contributed by atoms with Crippen LogP contribution in [0.4, 0.5) is 5.69 Å². The first-order chi connectivity index (χ1) is 10.7. The van der Waals surface area contributed by atoms with Gasteiger partial charge in [0.05, 0.1) is 19.3 Å². The van der Waals surface area contributed by atoms with Gasteiger partial charge in [0.15, 0.2) is 0 Å². The van der Waals surface area contributed by atoms with Crippen molar-refractivity contribution in [3.63, 3.8) is 0 Å². The number of anilines is 1. The van der Waals surface area contributed by atoms with Crippen molar-refractivity contribution in [2.45, 2.75) is 26.4 Å². The van der Waals surface area contributed by atoms with Crippen LogP contribution in [0.25, 0.3) is 0 Å². The van der Waals surface area contributed by atoms with Crippen LogP contribution >= 0.6 is 11.6 Å². The Morgan fingerprint density at radius 3 is 2.35 bits per heavy atom. The number of esters is 1. The first kappa shape index (κ1) is 21.1. The molecule has 6 nitrogen and oxygen atoms in total. The van der Waals surface area contributed by atoms with Gasteiger partial charge in [-0.2, -0.15) is 0 Å². The lowest BCUT2D eigenvalue weighted by Gasteiger charge is -2.14. The monoisotopic (exact) mass is 342 g/mol. The average Bonchev–Trinajstić information content (AvgIpc) is 2.52. The Hall–Kier alpha value is -1.92.